The SMILES string of the molecule is CC(C)(C)NCC(OC(C)(C)C)c1ccc(Br)cc1. The number of ether oxygens (including phenoxy) is 1. The summed E-state index contributed by atoms with van der Waals surface area (Å²) in [7, 11) is 0. The maximum atomic E-state index is 6.18. The summed E-state index contributed by atoms with van der Waals surface area (Å²) < 4.78 is 7.27. The molecule has 0 bridgehead atoms. The molecule has 0 aliphatic rings. The number of hydrogen-bond acceptors (Lipinski definition) is 2. The van der Waals surface area contributed by atoms with Crippen LogP contribution in [0.25, 0.3) is 0 Å². The average Bonchev–Trinajstić information content (AvgIpc) is 2.23. The maximum Gasteiger partial charge on any atom is 0.0956 e. The van der Waals surface area contributed by atoms with Crippen LogP contribution in [0, 0.1) is 0 Å². The summed E-state index contributed by atoms with van der Waals surface area (Å²) in [5.41, 5.74) is 1.14. The monoisotopic (exact) mass is 327 g/mol. The Kier molecular flexibility index (Phi) is 5.60. The normalized spacial score (nSPS) is 14.5. The number of rotatable bonds is 4. The number of halogens is 1. The largest absolute Gasteiger partial charge is 0.367 e. The van der Waals surface area contributed by atoms with Gasteiger partial charge in [0.05, 0.1) is 11.7 Å². The predicted octanol–water partition coefficient (Wildman–Crippen LogP) is 4.69. The Balaban J connectivity index is 2.83. The molecule has 3 heteroatoms. The van der Waals surface area contributed by atoms with Gasteiger partial charge in [0.15, 0.2) is 0 Å². The van der Waals surface area contributed by atoms with Gasteiger partial charge in [-0.3, -0.25) is 0 Å². The molecule has 1 aromatic carbocycles. The second-order valence-electron chi connectivity index (χ2n) is 6.90. The highest BCUT2D eigenvalue weighted by Gasteiger charge is 2.22. The molecule has 0 spiro atoms. The lowest BCUT2D eigenvalue weighted by atomic mass is 10.0. The fourth-order valence-electron chi connectivity index (χ4n) is 1.73. The fraction of sp³-hybridized carbons (Fsp3) is 0.625. The third kappa shape index (κ3) is 7.09. The van der Waals surface area contributed by atoms with E-state index in [9.17, 15) is 0 Å². The lowest BCUT2D eigenvalue weighted by molar-refractivity contribution is -0.0624. The molecular formula is C16H26BrNO. The zero-order valence-corrected chi connectivity index (χ0v) is 14.5. The van der Waals surface area contributed by atoms with Gasteiger partial charge in [-0.2, -0.15) is 0 Å². The van der Waals surface area contributed by atoms with Crippen LogP contribution in [0.4, 0.5) is 0 Å². The van der Waals surface area contributed by atoms with Crippen LogP contribution in [0.3, 0.4) is 0 Å². The van der Waals surface area contributed by atoms with Crippen molar-refractivity contribution in [3.63, 3.8) is 0 Å². The van der Waals surface area contributed by atoms with Crippen LogP contribution >= 0.6 is 15.9 Å². The van der Waals surface area contributed by atoms with Gasteiger partial charge in [0.2, 0.25) is 0 Å². The van der Waals surface area contributed by atoms with Crippen LogP contribution in [0.1, 0.15) is 53.2 Å². The summed E-state index contributed by atoms with van der Waals surface area (Å²) in [5.74, 6) is 0. The van der Waals surface area contributed by atoms with Gasteiger partial charge in [-0.05, 0) is 59.2 Å². The van der Waals surface area contributed by atoms with Crippen molar-refractivity contribution in [2.24, 2.45) is 0 Å². The highest BCUT2D eigenvalue weighted by Crippen LogP contribution is 2.25. The molecule has 0 amide bonds. The molecule has 0 aliphatic heterocycles. The van der Waals surface area contributed by atoms with Crippen molar-refractivity contribution in [3.05, 3.63) is 34.3 Å². The van der Waals surface area contributed by atoms with Gasteiger partial charge < -0.3 is 10.1 Å². The molecule has 1 N–H and O–H groups in total. The van der Waals surface area contributed by atoms with E-state index in [1.54, 1.807) is 0 Å². The standard InChI is InChI=1S/C16H26BrNO/c1-15(2,3)18-11-14(19-16(4,5)6)12-7-9-13(17)10-8-12/h7-10,14,18H,11H2,1-6H3. The molecule has 1 aromatic rings. The van der Waals surface area contributed by atoms with E-state index in [1.807, 2.05) is 0 Å². The first-order valence-electron chi connectivity index (χ1n) is 6.75. The zero-order valence-electron chi connectivity index (χ0n) is 12.9. The molecule has 0 aromatic heterocycles. The zero-order chi connectivity index (χ0) is 14.7. The Morgan fingerprint density at radius 2 is 1.58 bits per heavy atom. The second kappa shape index (κ2) is 6.38. The van der Waals surface area contributed by atoms with E-state index in [0.29, 0.717) is 0 Å². The molecule has 0 heterocycles. The van der Waals surface area contributed by atoms with E-state index in [4.69, 9.17) is 4.74 Å². The third-order valence-corrected chi connectivity index (χ3v) is 3.08. The van der Waals surface area contributed by atoms with E-state index < -0.39 is 0 Å². The van der Waals surface area contributed by atoms with Gasteiger partial charge in [0.1, 0.15) is 0 Å². The van der Waals surface area contributed by atoms with Crippen LogP contribution in [-0.2, 0) is 4.74 Å². The molecular weight excluding hydrogens is 302 g/mol. The van der Waals surface area contributed by atoms with Crippen LogP contribution in [0.15, 0.2) is 28.7 Å². The minimum Gasteiger partial charge on any atom is -0.367 e. The summed E-state index contributed by atoms with van der Waals surface area (Å²) >= 11 is 3.47. The molecule has 0 aliphatic carbocycles. The van der Waals surface area contributed by atoms with Crippen molar-refractivity contribution in [3.8, 4) is 0 Å². The average molecular weight is 328 g/mol. The molecule has 2 nitrogen and oxygen atoms in total. The Morgan fingerprint density at radius 1 is 1.05 bits per heavy atom. The van der Waals surface area contributed by atoms with Gasteiger partial charge in [0.25, 0.3) is 0 Å². The maximum absolute atomic E-state index is 6.18. The number of nitrogens with one attached hydrogen (secondary N) is 1. The molecule has 1 unspecified atom stereocenters. The highest BCUT2D eigenvalue weighted by molar-refractivity contribution is 9.10. The first kappa shape index (κ1) is 16.7. The first-order chi connectivity index (χ1) is 8.57. The van der Waals surface area contributed by atoms with Gasteiger partial charge in [0, 0.05) is 16.6 Å². The minimum absolute atomic E-state index is 0.0623. The Hall–Kier alpha value is -0.380. The number of hydrogen-bond donors (Lipinski definition) is 1. The smallest absolute Gasteiger partial charge is 0.0956 e. The van der Waals surface area contributed by atoms with E-state index in [1.165, 1.54) is 5.56 Å². The molecule has 0 fully saturated rings. The van der Waals surface area contributed by atoms with Crippen LogP contribution in [0.2, 0.25) is 0 Å². The summed E-state index contributed by atoms with van der Waals surface area (Å²) in [4.78, 5) is 0. The van der Waals surface area contributed by atoms with Crippen molar-refractivity contribution in [2.75, 3.05) is 6.54 Å². The van der Waals surface area contributed by atoms with Gasteiger partial charge in [-0.25, -0.2) is 0 Å². The Bertz CT molecular complexity index is 387. The molecule has 0 radical (unpaired) electrons. The van der Waals surface area contributed by atoms with Crippen LogP contribution in [-0.4, -0.2) is 17.7 Å². The van der Waals surface area contributed by atoms with Crippen molar-refractivity contribution < 1.29 is 4.74 Å². The van der Waals surface area contributed by atoms with E-state index >= 15 is 0 Å². The van der Waals surface area contributed by atoms with E-state index in [0.717, 1.165) is 11.0 Å². The van der Waals surface area contributed by atoms with Crippen molar-refractivity contribution in [2.45, 2.75) is 58.8 Å². The van der Waals surface area contributed by atoms with E-state index in [-0.39, 0.29) is 17.2 Å². The Labute approximate surface area is 126 Å². The summed E-state index contributed by atoms with van der Waals surface area (Å²) in [6.07, 6.45) is 0.0623. The molecule has 19 heavy (non-hydrogen) atoms. The summed E-state index contributed by atoms with van der Waals surface area (Å²) in [5, 5.41) is 3.52. The van der Waals surface area contributed by atoms with Crippen LogP contribution in [0.5, 0.6) is 0 Å². The molecule has 1 atom stereocenters. The fourth-order valence-corrected chi connectivity index (χ4v) is 1.99. The Morgan fingerprint density at radius 3 is 2.00 bits per heavy atom. The number of benzene rings is 1. The van der Waals surface area contributed by atoms with Crippen molar-refractivity contribution >= 4 is 15.9 Å². The third-order valence-electron chi connectivity index (χ3n) is 2.56. The van der Waals surface area contributed by atoms with Crippen molar-refractivity contribution in [1.82, 2.24) is 5.32 Å². The predicted molar refractivity (Wildman–Crippen MR) is 85.5 cm³/mol. The van der Waals surface area contributed by atoms with Crippen LogP contribution < -0.4 is 5.32 Å². The summed E-state index contributed by atoms with van der Waals surface area (Å²) in [6, 6.07) is 8.35. The molecule has 0 saturated heterocycles. The lowest BCUT2D eigenvalue weighted by Gasteiger charge is -2.31. The highest BCUT2D eigenvalue weighted by atomic mass is 79.9. The topological polar surface area (TPSA) is 21.3 Å². The second-order valence-corrected chi connectivity index (χ2v) is 7.82. The van der Waals surface area contributed by atoms with Gasteiger partial charge in [-0.15, -0.1) is 0 Å². The van der Waals surface area contributed by atoms with Gasteiger partial charge in [-0.1, -0.05) is 28.1 Å². The quantitative estimate of drug-likeness (QED) is 0.865. The first-order valence-corrected chi connectivity index (χ1v) is 7.54. The molecule has 1 rings (SSSR count). The molecule has 108 valence electrons. The van der Waals surface area contributed by atoms with Crippen molar-refractivity contribution in [1.29, 1.82) is 0 Å². The lowest BCUT2D eigenvalue weighted by Crippen LogP contribution is -2.40. The van der Waals surface area contributed by atoms with Gasteiger partial charge >= 0.3 is 0 Å². The minimum atomic E-state index is -0.155. The summed E-state index contributed by atoms with van der Waals surface area (Å²) in [6.45, 7) is 13.6. The molecule has 0 saturated carbocycles. The van der Waals surface area contributed by atoms with E-state index in [2.05, 4.69) is 87.1 Å².